The number of rotatable bonds is 6. The van der Waals surface area contributed by atoms with Gasteiger partial charge in [0, 0.05) is 72.0 Å². The Labute approximate surface area is 250 Å². The molecule has 2 fully saturated rings. The van der Waals surface area contributed by atoms with Gasteiger partial charge in [0.2, 0.25) is 11.7 Å². The second-order valence-electron chi connectivity index (χ2n) is 12.0. The maximum atomic E-state index is 14.1. The van der Waals surface area contributed by atoms with Crippen molar-refractivity contribution in [3.8, 4) is 22.4 Å². The van der Waals surface area contributed by atoms with Gasteiger partial charge < -0.3 is 24.6 Å². The van der Waals surface area contributed by atoms with Crippen molar-refractivity contribution in [1.29, 1.82) is 0 Å². The van der Waals surface area contributed by atoms with Crippen LogP contribution >= 0.6 is 0 Å². The van der Waals surface area contributed by atoms with Crippen LogP contribution in [0.15, 0.2) is 43.0 Å². The summed E-state index contributed by atoms with van der Waals surface area (Å²) >= 11 is -1.10. The van der Waals surface area contributed by atoms with Gasteiger partial charge in [-0.25, -0.2) is 9.67 Å². The number of hydrogen-bond acceptors (Lipinski definition) is 8. The Morgan fingerprint density at radius 3 is 2.70 bits per heavy atom. The first-order valence-electron chi connectivity index (χ1n) is 14.3. The molecule has 4 aromatic heterocycles. The fourth-order valence-electron chi connectivity index (χ4n) is 7.04. The molecule has 4 N–H and O–H groups in total. The molecule has 8 rings (SSSR count). The largest absolute Gasteiger partial charge is 0.598 e. The topological polar surface area (TPSA) is 160 Å². The van der Waals surface area contributed by atoms with Crippen molar-refractivity contribution in [2.45, 2.75) is 54.6 Å². The number of nitrogens with zero attached hydrogens (tertiary/aromatic N) is 6. The molecule has 1 amide bonds. The molecule has 12 nitrogen and oxygen atoms in total. The van der Waals surface area contributed by atoms with Crippen molar-refractivity contribution in [2.24, 2.45) is 7.05 Å². The van der Waals surface area contributed by atoms with Crippen LogP contribution in [0.4, 0.5) is 5.69 Å². The van der Waals surface area contributed by atoms with Crippen molar-refractivity contribution in [2.75, 3.05) is 11.9 Å². The summed E-state index contributed by atoms with van der Waals surface area (Å²) < 4.78 is 18.8. The van der Waals surface area contributed by atoms with Gasteiger partial charge in [-0.1, -0.05) is 6.07 Å². The molecule has 2 radical (unpaired) electrons. The fraction of sp³-hybridized carbons (Fsp3) is 0.379. The van der Waals surface area contributed by atoms with Crippen LogP contribution in [-0.4, -0.2) is 76.4 Å². The van der Waals surface area contributed by atoms with Gasteiger partial charge in [-0.2, -0.15) is 10.2 Å². The van der Waals surface area contributed by atoms with E-state index >= 15 is 0 Å². The molecule has 2 saturated carbocycles. The minimum Gasteiger partial charge on any atom is -0.598 e. The van der Waals surface area contributed by atoms with Crippen LogP contribution in [0.25, 0.3) is 44.3 Å². The maximum Gasteiger partial charge on any atom is 0.237 e. The van der Waals surface area contributed by atoms with Crippen molar-refractivity contribution >= 4 is 52.7 Å². The molecule has 3 unspecified atom stereocenters. The SMILES string of the molecule is [B]C(O)(O)n1ncc2cc(-c3c(-c4cnn(C)c4)[nH]c4ncc5c(c34)C3(CCC(N[S+]([O-])C4CC4)C3)C(=O)N5C)ccc21. The van der Waals surface area contributed by atoms with Crippen LogP contribution in [0, 0.1) is 0 Å². The van der Waals surface area contributed by atoms with Gasteiger partial charge in [-0.3, -0.25) is 9.48 Å². The van der Waals surface area contributed by atoms with E-state index in [0.717, 1.165) is 63.0 Å². The van der Waals surface area contributed by atoms with Crippen LogP contribution in [0.1, 0.15) is 37.7 Å². The van der Waals surface area contributed by atoms with Gasteiger partial charge in [0.25, 0.3) is 0 Å². The monoisotopic (exact) mass is 596 g/mol. The second kappa shape index (κ2) is 9.16. The predicted octanol–water partition coefficient (Wildman–Crippen LogP) is 1.88. The standard InChI is InChI=1S/C29H29BN8O4S/c1-36-14-17(12-32-36)25-22(15-3-6-20-16(9-15)11-33-38(20)29(30,40)41)23-24-21(13-31-26(23)34-25)37(2)27(39)28(24)8-7-18(10-28)35-43(42)19-4-5-19/h3,6,9,11-14,18-19,35,40-41H,4-5,7-8,10H2,1-2H3,(H,31,34). The third kappa shape index (κ3) is 4.01. The van der Waals surface area contributed by atoms with Crippen molar-refractivity contribution in [1.82, 2.24) is 34.3 Å². The van der Waals surface area contributed by atoms with Crippen LogP contribution < -0.4 is 9.62 Å². The quantitative estimate of drug-likeness (QED) is 0.131. The molecule has 5 heterocycles. The minimum atomic E-state index is -2.65. The molecular weight excluding hydrogens is 567 g/mol. The van der Waals surface area contributed by atoms with Crippen LogP contribution in [-0.2, 0) is 34.4 Å². The van der Waals surface area contributed by atoms with E-state index in [1.54, 1.807) is 35.1 Å². The molecular formula is C29H29BN8O4S. The van der Waals surface area contributed by atoms with Gasteiger partial charge in [0.05, 0.1) is 46.9 Å². The van der Waals surface area contributed by atoms with Crippen LogP contribution in [0.3, 0.4) is 0 Å². The van der Waals surface area contributed by atoms with Crippen molar-refractivity contribution < 1.29 is 19.6 Å². The zero-order chi connectivity index (χ0) is 29.8. The lowest BCUT2D eigenvalue weighted by molar-refractivity contribution is -0.157. The smallest absolute Gasteiger partial charge is 0.237 e. The van der Waals surface area contributed by atoms with E-state index in [-0.39, 0.29) is 17.2 Å². The summed E-state index contributed by atoms with van der Waals surface area (Å²) in [5.41, 5.74) is 5.33. The zero-order valence-electron chi connectivity index (χ0n) is 23.6. The average Bonchev–Trinajstić information content (AvgIpc) is 3.27. The lowest BCUT2D eigenvalue weighted by Crippen LogP contribution is -2.40. The number of carbonyl (C=O) groups is 1. The number of amides is 1. The molecule has 5 aromatic rings. The number of aryl methyl sites for hydroxylation is 1. The van der Waals surface area contributed by atoms with Crippen LogP contribution in [0.5, 0.6) is 0 Å². The number of fused-ring (bicyclic) bond motifs is 5. The summed E-state index contributed by atoms with van der Waals surface area (Å²) in [5, 5.41) is 30.2. The summed E-state index contributed by atoms with van der Waals surface area (Å²) in [6.07, 6.45) is 10.9. The third-order valence-electron chi connectivity index (χ3n) is 9.14. The number of benzene rings is 1. The molecule has 0 saturated heterocycles. The number of hydrogen-bond donors (Lipinski definition) is 4. The third-order valence-corrected chi connectivity index (χ3v) is 10.8. The van der Waals surface area contributed by atoms with Gasteiger partial charge >= 0.3 is 0 Å². The lowest BCUT2D eigenvalue weighted by Gasteiger charge is -2.24. The number of likely N-dealkylation sites (N-methyl/N-ethyl adjacent to an activating group) is 1. The van der Waals surface area contributed by atoms with E-state index in [9.17, 15) is 19.6 Å². The molecule has 1 aromatic carbocycles. The maximum absolute atomic E-state index is 14.1. The van der Waals surface area contributed by atoms with E-state index in [0.29, 0.717) is 29.4 Å². The van der Waals surface area contributed by atoms with E-state index in [1.165, 1.54) is 6.20 Å². The second-order valence-corrected chi connectivity index (χ2v) is 13.5. The van der Waals surface area contributed by atoms with Gasteiger partial charge in [-0.05, 0) is 37.0 Å². The average molecular weight is 596 g/mol. The first-order valence-corrected chi connectivity index (χ1v) is 15.5. The van der Waals surface area contributed by atoms with E-state index in [2.05, 4.69) is 19.9 Å². The summed E-state index contributed by atoms with van der Waals surface area (Å²) in [6, 6.07) is 5.49. The number of anilines is 1. The first-order chi connectivity index (χ1) is 20.5. The van der Waals surface area contributed by atoms with E-state index in [4.69, 9.17) is 12.8 Å². The Morgan fingerprint density at radius 2 is 1.98 bits per heavy atom. The molecule has 43 heavy (non-hydrogen) atoms. The lowest BCUT2D eigenvalue weighted by atomic mass is 9.77. The number of pyridine rings is 1. The van der Waals surface area contributed by atoms with E-state index < -0.39 is 22.6 Å². The highest BCUT2D eigenvalue weighted by atomic mass is 32.2. The fourth-order valence-corrected chi connectivity index (χ4v) is 8.32. The van der Waals surface area contributed by atoms with Crippen molar-refractivity contribution in [3.05, 3.63) is 48.5 Å². The molecule has 2 aliphatic carbocycles. The molecule has 14 heteroatoms. The highest BCUT2D eigenvalue weighted by molar-refractivity contribution is 7.90. The summed E-state index contributed by atoms with van der Waals surface area (Å²) in [7, 11) is 9.17. The molecule has 1 spiro atoms. The molecule has 0 bridgehead atoms. The number of carbonyl (C=O) groups excluding carboxylic acids is 1. The predicted molar refractivity (Wildman–Crippen MR) is 162 cm³/mol. The molecule has 3 atom stereocenters. The summed E-state index contributed by atoms with van der Waals surface area (Å²) in [5.74, 6) is -2.63. The molecule has 1 aliphatic heterocycles. The Bertz CT molecular complexity index is 1940. The van der Waals surface area contributed by atoms with Gasteiger partial charge in [0.1, 0.15) is 10.9 Å². The van der Waals surface area contributed by atoms with E-state index in [1.807, 2.05) is 25.4 Å². The Hall–Kier alpha value is -3.69. The Kier molecular flexibility index (Phi) is 5.73. The number of aromatic amines is 1. The zero-order valence-corrected chi connectivity index (χ0v) is 24.4. The van der Waals surface area contributed by atoms with Gasteiger partial charge in [0.15, 0.2) is 7.85 Å². The van der Waals surface area contributed by atoms with Crippen LogP contribution in [0.2, 0.25) is 0 Å². The Morgan fingerprint density at radius 1 is 1.16 bits per heavy atom. The normalized spacial score (nSPS) is 22.9. The highest BCUT2D eigenvalue weighted by Crippen LogP contribution is 2.55. The molecule has 3 aliphatic rings. The number of aliphatic hydroxyl groups is 2. The summed E-state index contributed by atoms with van der Waals surface area (Å²) in [4.78, 5) is 24.1. The number of H-pyrrole nitrogens is 1. The van der Waals surface area contributed by atoms with Crippen molar-refractivity contribution in [3.63, 3.8) is 0 Å². The summed E-state index contributed by atoms with van der Waals surface area (Å²) in [6.45, 7) is 0. The Balaban J connectivity index is 1.35. The minimum absolute atomic E-state index is 0.0234. The first kappa shape index (κ1) is 26.9. The van der Waals surface area contributed by atoms with Gasteiger partial charge in [-0.15, -0.1) is 4.72 Å². The highest BCUT2D eigenvalue weighted by Gasteiger charge is 2.56. The molecule has 218 valence electrons. The number of aromatic nitrogens is 6. The number of nitrogens with one attached hydrogen (secondary N) is 2.